The third-order valence-electron chi connectivity index (χ3n) is 3.90. The molecule has 3 N–H and O–H groups in total. The fourth-order valence-corrected chi connectivity index (χ4v) is 2.38. The summed E-state index contributed by atoms with van der Waals surface area (Å²) in [7, 11) is 0. The Morgan fingerprint density at radius 1 is 1.18 bits per heavy atom. The van der Waals surface area contributed by atoms with Gasteiger partial charge in [-0.05, 0) is 29.2 Å². The normalized spacial score (nSPS) is 11.5. The molecule has 7 nitrogen and oxygen atoms in total. The van der Waals surface area contributed by atoms with Crippen molar-refractivity contribution in [3.8, 4) is 0 Å². The molecule has 7 heteroatoms. The maximum atomic E-state index is 12.1. The third-order valence-corrected chi connectivity index (χ3v) is 3.90. The van der Waals surface area contributed by atoms with Gasteiger partial charge in [-0.25, -0.2) is 4.79 Å². The van der Waals surface area contributed by atoms with Crippen LogP contribution in [0.25, 0.3) is 0 Å². The molecule has 0 saturated heterocycles. The summed E-state index contributed by atoms with van der Waals surface area (Å²) in [5, 5.41) is 2.64. The lowest BCUT2D eigenvalue weighted by atomic mass is 10.1. The van der Waals surface area contributed by atoms with Gasteiger partial charge in [0.15, 0.2) is 5.78 Å². The predicted molar refractivity (Wildman–Crippen MR) is 105 cm³/mol. The Morgan fingerprint density at radius 3 is 2.61 bits per heavy atom. The van der Waals surface area contributed by atoms with E-state index in [0.717, 1.165) is 16.7 Å². The zero-order valence-electron chi connectivity index (χ0n) is 15.7. The number of nitrogens with zero attached hydrogens (tertiary/aromatic N) is 1. The number of hydrogen-bond donors (Lipinski definition) is 2. The number of nitrogens with one attached hydrogen (secondary N) is 1. The van der Waals surface area contributed by atoms with E-state index in [1.807, 2.05) is 36.4 Å². The van der Waals surface area contributed by atoms with Gasteiger partial charge in [0.25, 0.3) is 0 Å². The van der Waals surface area contributed by atoms with Gasteiger partial charge in [0.2, 0.25) is 0 Å². The van der Waals surface area contributed by atoms with E-state index in [2.05, 4.69) is 16.9 Å². The Bertz CT molecular complexity index is 763. The minimum atomic E-state index is -0.613. The smallest absolute Gasteiger partial charge is 0.407 e. The van der Waals surface area contributed by atoms with Crippen LogP contribution >= 0.6 is 0 Å². The molecule has 0 fully saturated rings. The number of Topliss-reactive ketones (excluding diaryl/α,β-unsaturated/α-hetero) is 1. The van der Waals surface area contributed by atoms with Crippen LogP contribution in [0.5, 0.6) is 0 Å². The maximum absolute atomic E-state index is 12.1. The number of pyridine rings is 1. The summed E-state index contributed by atoms with van der Waals surface area (Å²) >= 11 is 0. The van der Waals surface area contributed by atoms with Crippen LogP contribution in [0.3, 0.4) is 0 Å². The number of carbonyl (C=O) groups is 2. The van der Waals surface area contributed by atoms with Crippen molar-refractivity contribution in [2.45, 2.75) is 25.6 Å². The van der Waals surface area contributed by atoms with Crippen LogP contribution in [0.2, 0.25) is 0 Å². The molecule has 2 rings (SSSR count). The average molecular weight is 383 g/mol. The maximum Gasteiger partial charge on any atom is 0.407 e. The molecular weight excluding hydrogens is 358 g/mol. The van der Waals surface area contributed by atoms with Gasteiger partial charge in [-0.3, -0.25) is 9.78 Å². The molecule has 1 heterocycles. The summed E-state index contributed by atoms with van der Waals surface area (Å²) in [6.07, 6.45) is 4.82. The second-order valence-electron chi connectivity index (χ2n) is 6.19. The highest BCUT2D eigenvalue weighted by Gasteiger charge is 2.14. The third kappa shape index (κ3) is 7.69. The van der Waals surface area contributed by atoms with E-state index in [1.165, 1.54) is 6.08 Å². The van der Waals surface area contributed by atoms with Gasteiger partial charge in [0.05, 0.1) is 12.6 Å². The van der Waals surface area contributed by atoms with Gasteiger partial charge in [0.1, 0.15) is 13.2 Å². The average Bonchev–Trinajstić information content (AvgIpc) is 2.72. The molecule has 0 bridgehead atoms. The van der Waals surface area contributed by atoms with Gasteiger partial charge in [0, 0.05) is 18.9 Å². The summed E-state index contributed by atoms with van der Waals surface area (Å²) in [4.78, 5) is 27.5. The molecule has 0 saturated carbocycles. The number of hydrogen-bond acceptors (Lipinski definition) is 6. The number of nitrogens with two attached hydrogens (primary N) is 1. The molecule has 0 radical (unpaired) electrons. The highest BCUT2D eigenvalue weighted by atomic mass is 16.5. The van der Waals surface area contributed by atoms with Crippen molar-refractivity contribution in [1.29, 1.82) is 0 Å². The first kappa shape index (κ1) is 21.3. The SMILES string of the molecule is C=CCOC(=O)NCc1ccc(COCC(=O)[C@H](N)Cc2cccnc2)cc1. The van der Waals surface area contributed by atoms with Gasteiger partial charge < -0.3 is 20.5 Å². The Kier molecular flexibility index (Phi) is 8.84. The van der Waals surface area contributed by atoms with Gasteiger partial charge >= 0.3 is 6.09 Å². The number of rotatable bonds is 11. The van der Waals surface area contributed by atoms with Gasteiger partial charge in [-0.2, -0.15) is 0 Å². The largest absolute Gasteiger partial charge is 0.445 e. The fourth-order valence-electron chi connectivity index (χ4n) is 2.38. The van der Waals surface area contributed by atoms with E-state index in [1.54, 1.807) is 12.4 Å². The summed E-state index contributed by atoms with van der Waals surface area (Å²) in [5.74, 6) is -0.150. The molecule has 148 valence electrons. The van der Waals surface area contributed by atoms with Crippen molar-refractivity contribution in [2.75, 3.05) is 13.2 Å². The van der Waals surface area contributed by atoms with Crippen LogP contribution < -0.4 is 11.1 Å². The van der Waals surface area contributed by atoms with Crippen molar-refractivity contribution in [2.24, 2.45) is 5.73 Å². The monoisotopic (exact) mass is 383 g/mol. The number of ether oxygens (including phenoxy) is 2. The van der Waals surface area contributed by atoms with Crippen molar-refractivity contribution < 1.29 is 19.1 Å². The molecule has 1 atom stereocenters. The molecule has 1 aromatic carbocycles. The molecule has 0 aliphatic carbocycles. The van der Waals surface area contributed by atoms with Crippen molar-refractivity contribution in [1.82, 2.24) is 10.3 Å². The summed E-state index contributed by atoms with van der Waals surface area (Å²) in [6.45, 7) is 4.27. The molecule has 0 aliphatic rings. The minimum absolute atomic E-state index is 0.0418. The van der Waals surface area contributed by atoms with E-state index in [9.17, 15) is 9.59 Å². The number of amides is 1. The van der Waals surface area contributed by atoms with Crippen molar-refractivity contribution >= 4 is 11.9 Å². The van der Waals surface area contributed by atoms with E-state index < -0.39 is 12.1 Å². The molecule has 0 unspecified atom stereocenters. The number of ketones is 1. The fraction of sp³-hybridized carbons (Fsp3) is 0.286. The van der Waals surface area contributed by atoms with Crippen molar-refractivity contribution in [3.63, 3.8) is 0 Å². The molecule has 1 amide bonds. The lowest BCUT2D eigenvalue weighted by Crippen LogP contribution is -2.35. The quantitative estimate of drug-likeness (QED) is 0.576. The first-order valence-electron chi connectivity index (χ1n) is 8.92. The highest BCUT2D eigenvalue weighted by molar-refractivity contribution is 5.85. The molecule has 1 aromatic heterocycles. The minimum Gasteiger partial charge on any atom is -0.445 e. The second kappa shape index (κ2) is 11.6. The highest BCUT2D eigenvalue weighted by Crippen LogP contribution is 2.07. The van der Waals surface area contributed by atoms with Crippen LogP contribution in [0.15, 0.2) is 61.4 Å². The van der Waals surface area contributed by atoms with E-state index in [4.69, 9.17) is 15.2 Å². The van der Waals surface area contributed by atoms with Crippen LogP contribution in [0.1, 0.15) is 16.7 Å². The zero-order valence-corrected chi connectivity index (χ0v) is 15.7. The Labute approximate surface area is 164 Å². The topological polar surface area (TPSA) is 104 Å². The number of alkyl carbamates (subject to hydrolysis) is 1. The van der Waals surface area contributed by atoms with Crippen LogP contribution in [0.4, 0.5) is 4.79 Å². The summed E-state index contributed by atoms with van der Waals surface area (Å²) < 4.78 is 10.3. The second-order valence-corrected chi connectivity index (χ2v) is 6.19. The van der Waals surface area contributed by atoms with E-state index >= 15 is 0 Å². The Morgan fingerprint density at radius 2 is 1.93 bits per heavy atom. The van der Waals surface area contributed by atoms with Crippen LogP contribution in [0, 0.1) is 0 Å². The first-order valence-corrected chi connectivity index (χ1v) is 8.92. The van der Waals surface area contributed by atoms with Crippen molar-refractivity contribution in [3.05, 3.63) is 78.1 Å². The van der Waals surface area contributed by atoms with Gasteiger partial charge in [-0.15, -0.1) is 0 Å². The molecule has 0 aliphatic heterocycles. The lowest BCUT2D eigenvalue weighted by molar-refractivity contribution is -0.125. The van der Waals surface area contributed by atoms with Crippen LogP contribution in [-0.2, 0) is 33.8 Å². The standard InChI is InChI=1S/C21H25N3O4/c1-2-10-28-21(26)24-13-16-5-7-17(8-6-16)14-27-15-20(25)19(22)11-18-4-3-9-23-12-18/h2-9,12,19H,1,10-11,13-15,22H2,(H,24,26)/t19-/m1/s1. The number of aromatic nitrogens is 1. The first-order chi connectivity index (χ1) is 13.6. The van der Waals surface area contributed by atoms with Crippen LogP contribution in [-0.4, -0.2) is 36.1 Å². The zero-order chi connectivity index (χ0) is 20.2. The Hall–Kier alpha value is -3.03. The molecular formula is C21H25N3O4. The van der Waals surface area contributed by atoms with E-state index in [-0.39, 0.29) is 19.0 Å². The number of benzene rings is 1. The van der Waals surface area contributed by atoms with Gasteiger partial charge in [-0.1, -0.05) is 43.0 Å². The number of carbonyl (C=O) groups excluding carboxylic acids is 2. The molecule has 2 aromatic rings. The summed E-state index contributed by atoms with van der Waals surface area (Å²) in [5.41, 5.74) is 8.69. The molecule has 28 heavy (non-hydrogen) atoms. The van der Waals surface area contributed by atoms with E-state index in [0.29, 0.717) is 19.6 Å². The molecule has 0 spiro atoms. The lowest BCUT2D eigenvalue weighted by Gasteiger charge is -2.11. The Balaban J connectivity index is 1.69. The predicted octanol–water partition coefficient (Wildman–Crippen LogP) is 2.15. The summed E-state index contributed by atoms with van der Waals surface area (Å²) in [6, 6.07) is 10.6.